The Kier molecular flexibility index (Phi) is 2.78. The van der Waals surface area contributed by atoms with E-state index in [0.29, 0.717) is 0 Å². The number of hydrogen-bond acceptors (Lipinski definition) is 1. The lowest BCUT2D eigenvalue weighted by molar-refractivity contribution is 0.648. The third kappa shape index (κ3) is 1.90. The Bertz CT molecular complexity index is 457. The minimum absolute atomic E-state index is 0.267. The number of nitrogens with two attached hydrogens (primary N) is 1. The number of hydrogen-bond donors (Lipinski definition) is 2. The number of benzene rings is 1. The van der Waals surface area contributed by atoms with Crippen LogP contribution in [-0.2, 0) is 6.42 Å². The summed E-state index contributed by atoms with van der Waals surface area (Å²) >= 11 is 0. The molecule has 0 aliphatic carbocycles. The van der Waals surface area contributed by atoms with Crippen molar-refractivity contribution in [2.45, 2.75) is 32.7 Å². The molecule has 0 radical (unpaired) electrons. The average Bonchev–Trinajstić information content (AvgIpc) is 2.63. The van der Waals surface area contributed by atoms with E-state index in [-0.39, 0.29) is 6.04 Å². The van der Waals surface area contributed by atoms with Gasteiger partial charge in [0.15, 0.2) is 0 Å². The van der Waals surface area contributed by atoms with Crippen LogP contribution in [0.25, 0.3) is 10.9 Å². The van der Waals surface area contributed by atoms with E-state index in [2.05, 4.69) is 43.2 Å². The Morgan fingerprint density at radius 1 is 1.40 bits per heavy atom. The maximum atomic E-state index is 5.99. The summed E-state index contributed by atoms with van der Waals surface area (Å²) in [6, 6.07) is 6.61. The molecule has 1 atom stereocenters. The first-order valence-electron chi connectivity index (χ1n) is 5.53. The molecule has 0 saturated heterocycles. The summed E-state index contributed by atoms with van der Waals surface area (Å²) in [6.07, 6.45) is 4.08. The van der Waals surface area contributed by atoms with Gasteiger partial charge in [0.1, 0.15) is 0 Å². The number of H-pyrrole nitrogens is 1. The zero-order valence-electron chi connectivity index (χ0n) is 9.38. The maximum Gasteiger partial charge on any atom is 0.0459 e. The van der Waals surface area contributed by atoms with E-state index in [0.717, 1.165) is 12.8 Å². The van der Waals surface area contributed by atoms with E-state index in [1.807, 2.05) is 0 Å². The molecule has 0 aliphatic heterocycles. The smallest absolute Gasteiger partial charge is 0.0459 e. The maximum absolute atomic E-state index is 5.99. The topological polar surface area (TPSA) is 41.8 Å². The third-order valence-electron chi connectivity index (χ3n) is 3.00. The van der Waals surface area contributed by atoms with Gasteiger partial charge in [0, 0.05) is 23.1 Å². The van der Waals surface area contributed by atoms with Crippen LogP contribution in [0.15, 0.2) is 24.4 Å². The zero-order chi connectivity index (χ0) is 10.8. The van der Waals surface area contributed by atoms with Gasteiger partial charge in [-0.15, -0.1) is 0 Å². The molecule has 2 rings (SSSR count). The zero-order valence-corrected chi connectivity index (χ0v) is 9.38. The van der Waals surface area contributed by atoms with Crippen molar-refractivity contribution >= 4 is 10.9 Å². The highest BCUT2D eigenvalue weighted by Crippen LogP contribution is 2.23. The Morgan fingerprint density at radius 2 is 2.20 bits per heavy atom. The van der Waals surface area contributed by atoms with E-state index in [4.69, 9.17) is 5.73 Å². The summed E-state index contributed by atoms with van der Waals surface area (Å²) in [5, 5.41) is 1.35. The van der Waals surface area contributed by atoms with Crippen molar-refractivity contribution < 1.29 is 0 Å². The Balaban J connectivity index is 2.43. The molecule has 1 aromatic carbocycles. The molecule has 0 amide bonds. The van der Waals surface area contributed by atoms with Crippen molar-refractivity contribution in [3.8, 4) is 0 Å². The largest absolute Gasteiger partial charge is 0.361 e. The highest BCUT2D eigenvalue weighted by atomic mass is 14.7. The van der Waals surface area contributed by atoms with Crippen LogP contribution in [0.4, 0.5) is 0 Å². The molecular formula is C13H18N2. The number of aromatic amines is 1. The van der Waals surface area contributed by atoms with Crippen LogP contribution in [-0.4, -0.2) is 11.0 Å². The van der Waals surface area contributed by atoms with Gasteiger partial charge in [-0.3, -0.25) is 0 Å². The molecule has 2 nitrogen and oxygen atoms in total. The molecular weight excluding hydrogens is 184 g/mol. The molecule has 0 saturated carbocycles. The van der Waals surface area contributed by atoms with E-state index in [1.165, 1.54) is 22.0 Å². The SMILES string of the molecule is CC[C@H](N)Cc1c[nH]c2cccc(C)c12. The van der Waals surface area contributed by atoms with Crippen LogP contribution < -0.4 is 5.73 Å². The van der Waals surface area contributed by atoms with Gasteiger partial charge in [0.25, 0.3) is 0 Å². The summed E-state index contributed by atoms with van der Waals surface area (Å²) < 4.78 is 0. The van der Waals surface area contributed by atoms with E-state index in [1.54, 1.807) is 0 Å². The Labute approximate surface area is 90.5 Å². The van der Waals surface area contributed by atoms with Gasteiger partial charge < -0.3 is 10.7 Å². The summed E-state index contributed by atoms with van der Waals surface area (Å²) in [4.78, 5) is 3.30. The Morgan fingerprint density at radius 3 is 2.93 bits per heavy atom. The van der Waals surface area contributed by atoms with Crippen LogP contribution in [0, 0.1) is 6.92 Å². The molecule has 0 bridgehead atoms. The molecule has 0 spiro atoms. The second-order valence-corrected chi connectivity index (χ2v) is 4.18. The lowest BCUT2D eigenvalue weighted by atomic mass is 10.0. The lowest BCUT2D eigenvalue weighted by Gasteiger charge is -2.08. The summed E-state index contributed by atoms with van der Waals surface area (Å²) in [7, 11) is 0. The van der Waals surface area contributed by atoms with E-state index >= 15 is 0 Å². The molecule has 2 heteroatoms. The molecule has 2 aromatic rings. The van der Waals surface area contributed by atoms with Crippen molar-refractivity contribution in [2.24, 2.45) is 5.73 Å². The molecule has 3 N–H and O–H groups in total. The minimum atomic E-state index is 0.267. The number of aromatic nitrogens is 1. The van der Waals surface area contributed by atoms with Gasteiger partial charge in [-0.1, -0.05) is 19.1 Å². The number of fused-ring (bicyclic) bond motifs is 1. The number of rotatable bonds is 3. The predicted octanol–water partition coefficient (Wildman–Crippen LogP) is 2.76. The van der Waals surface area contributed by atoms with Crippen LogP contribution >= 0.6 is 0 Å². The van der Waals surface area contributed by atoms with E-state index < -0.39 is 0 Å². The van der Waals surface area contributed by atoms with Gasteiger partial charge in [-0.25, -0.2) is 0 Å². The number of nitrogens with one attached hydrogen (secondary N) is 1. The Hall–Kier alpha value is -1.28. The normalized spacial score (nSPS) is 13.3. The standard InChI is InChI=1S/C13H18N2/c1-3-11(14)7-10-8-15-12-6-4-5-9(2)13(10)12/h4-6,8,11,15H,3,7,14H2,1-2H3/t11-/m0/s1. The second kappa shape index (κ2) is 4.07. The fourth-order valence-corrected chi connectivity index (χ4v) is 2.04. The van der Waals surface area contributed by atoms with Gasteiger partial charge in [-0.2, -0.15) is 0 Å². The van der Waals surface area contributed by atoms with Crippen LogP contribution in [0.2, 0.25) is 0 Å². The van der Waals surface area contributed by atoms with Crippen molar-refractivity contribution in [3.63, 3.8) is 0 Å². The second-order valence-electron chi connectivity index (χ2n) is 4.18. The molecule has 0 unspecified atom stereocenters. The first-order valence-corrected chi connectivity index (χ1v) is 5.53. The van der Waals surface area contributed by atoms with Crippen molar-refractivity contribution in [3.05, 3.63) is 35.5 Å². The number of aryl methyl sites for hydroxylation is 1. The van der Waals surface area contributed by atoms with E-state index in [9.17, 15) is 0 Å². The van der Waals surface area contributed by atoms with Crippen LogP contribution in [0.1, 0.15) is 24.5 Å². The van der Waals surface area contributed by atoms with Gasteiger partial charge >= 0.3 is 0 Å². The minimum Gasteiger partial charge on any atom is -0.361 e. The average molecular weight is 202 g/mol. The van der Waals surface area contributed by atoms with Crippen LogP contribution in [0.3, 0.4) is 0 Å². The van der Waals surface area contributed by atoms with Crippen molar-refractivity contribution in [1.82, 2.24) is 4.98 Å². The molecule has 1 aromatic heterocycles. The molecule has 1 heterocycles. The quantitative estimate of drug-likeness (QED) is 0.789. The van der Waals surface area contributed by atoms with Gasteiger partial charge in [-0.05, 0) is 37.0 Å². The highest BCUT2D eigenvalue weighted by molar-refractivity contribution is 5.86. The first kappa shape index (κ1) is 10.2. The lowest BCUT2D eigenvalue weighted by Crippen LogP contribution is -2.21. The fraction of sp³-hybridized carbons (Fsp3) is 0.385. The molecule has 80 valence electrons. The predicted molar refractivity (Wildman–Crippen MR) is 65.0 cm³/mol. The van der Waals surface area contributed by atoms with Crippen LogP contribution in [0.5, 0.6) is 0 Å². The summed E-state index contributed by atoms with van der Waals surface area (Å²) in [5.41, 5.74) is 9.88. The van der Waals surface area contributed by atoms with Crippen molar-refractivity contribution in [2.75, 3.05) is 0 Å². The summed E-state index contributed by atoms with van der Waals surface area (Å²) in [6.45, 7) is 4.28. The molecule has 0 aliphatic rings. The molecule has 0 fully saturated rings. The van der Waals surface area contributed by atoms with Crippen molar-refractivity contribution in [1.29, 1.82) is 0 Å². The highest BCUT2D eigenvalue weighted by Gasteiger charge is 2.08. The first-order chi connectivity index (χ1) is 7.22. The van der Waals surface area contributed by atoms with Gasteiger partial charge in [0.2, 0.25) is 0 Å². The molecule has 15 heavy (non-hydrogen) atoms. The third-order valence-corrected chi connectivity index (χ3v) is 3.00. The van der Waals surface area contributed by atoms with Gasteiger partial charge in [0.05, 0.1) is 0 Å². The summed E-state index contributed by atoms with van der Waals surface area (Å²) in [5.74, 6) is 0. The fourth-order valence-electron chi connectivity index (χ4n) is 2.04. The monoisotopic (exact) mass is 202 g/mol.